The third-order valence-electron chi connectivity index (χ3n) is 4.63. The number of hydrogen-bond acceptors (Lipinski definition) is 3. The fourth-order valence-electron chi connectivity index (χ4n) is 3.60. The lowest BCUT2D eigenvalue weighted by molar-refractivity contribution is 0.222. The average molecular weight is 340 g/mol. The molecule has 0 bridgehead atoms. The first kappa shape index (κ1) is 18.3. The van der Waals surface area contributed by atoms with Crippen LogP contribution in [0.1, 0.15) is 51.2 Å². The number of piperidine rings is 1. The van der Waals surface area contributed by atoms with Gasteiger partial charge in [0.1, 0.15) is 10.6 Å². The largest absolute Gasteiger partial charge is 0.495 e. The Morgan fingerprint density at radius 3 is 2.22 bits per heavy atom. The van der Waals surface area contributed by atoms with Gasteiger partial charge in [-0.2, -0.15) is 4.31 Å². The third kappa shape index (κ3) is 3.72. The van der Waals surface area contributed by atoms with E-state index >= 15 is 0 Å². The van der Waals surface area contributed by atoms with Crippen LogP contribution in [0.5, 0.6) is 5.75 Å². The second kappa shape index (κ2) is 6.81. The average Bonchev–Trinajstić information content (AvgIpc) is 2.45. The molecule has 0 saturated carbocycles. The van der Waals surface area contributed by atoms with Crippen LogP contribution in [0.2, 0.25) is 0 Å². The van der Waals surface area contributed by atoms with E-state index in [9.17, 15) is 8.42 Å². The predicted molar refractivity (Wildman–Crippen MR) is 93.5 cm³/mol. The lowest BCUT2D eigenvalue weighted by Crippen LogP contribution is -2.42. The van der Waals surface area contributed by atoms with Gasteiger partial charge < -0.3 is 4.74 Å². The molecule has 0 unspecified atom stereocenters. The molecular formula is C18H29NO3S. The molecular weight excluding hydrogens is 310 g/mol. The first-order valence-electron chi connectivity index (χ1n) is 8.35. The summed E-state index contributed by atoms with van der Waals surface area (Å²) >= 11 is 0. The molecule has 2 rings (SSSR count). The number of hydrogen-bond donors (Lipinski definition) is 0. The quantitative estimate of drug-likeness (QED) is 0.838. The van der Waals surface area contributed by atoms with Crippen LogP contribution in [0.15, 0.2) is 17.0 Å². The topological polar surface area (TPSA) is 46.6 Å². The van der Waals surface area contributed by atoms with Crippen molar-refractivity contribution in [2.75, 3.05) is 20.2 Å². The molecule has 1 aromatic carbocycles. The number of nitrogens with zero attached hydrogens (tertiary/aromatic N) is 1. The van der Waals surface area contributed by atoms with Crippen molar-refractivity contribution in [2.45, 2.75) is 51.9 Å². The van der Waals surface area contributed by atoms with Gasteiger partial charge in [0.25, 0.3) is 0 Å². The SMILES string of the molecule is COc1cc(C)c(C(C)C)cc1S(=O)(=O)N1C[C@H](C)C[C@@H](C)C1. The Hall–Kier alpha value is -1.07. The van der Waals surface area contributed by atoms with E-state index < -0.39 is 10.0 Å². The Morgan fingerprint density at radius 2 is 1.74 bits per heavy atom. The second-order valence-corrected chi connectivity index (χ2v) is 9.19. The lowest BCUT2D eigenvalue weighted by Gasteiger charge is -2.34. The van der Waals surface area contributed by atoms with Crippen molar-refractivity contribution in [3.8, 4) is 5.75 Å². The van der Waals surface area contributed by atoms with Gasteiger partial charge in [-0.3, -0.25) is 0 Å². The van der Waals surface area contributed by atoms with E-state index in [0.717, 1.165) is 17.5 Å². The van der Waals surface area contributed by atoms with Crippen LogP contribution >= 0.6 is 0 Å². The number of benzene rings is 1. The first-order chi connectivity index (χ1) is 10.7. The summed E-state index contributed by atoms with van der Waals surface area (Å²) in [7, 11) is -2.00. The van der Waals surface area contributed by atoms with Crippen molar-refractivity contribution >= 4 is 10.0 Å². The fraction of sp³-hybridized carbons (Fsp3) is 0.667. The summed E-state index contributed by atoms with van der Waals surface area (Å²) in [5.74, 6) is 1.48. The molecule has 0 radical (unpaired) electrons. The number of sulfonamides is 1. The highest BCUT2D eigenvalue weighted by Gasteiger charge is 2.34. The number of methoxy groups -OCH3 is 1. The van der Waals surface area contributed by atoms with E-state index in [1.807, 2.05) is 13.0 Å². The Morgan fingerprint density at radius 1 is 1.17 bits per heavy atom. The predicted octanol–water partition coefficient (Wildman–Crippen LogP) is 3.79. The summed E-state index contributed by atoms with van der Waals surface area (Å²) < 4.78 is 33.4. The maximum atomic E-state index is 13.2. The summed E-state index contributed by atoms with van der Waals surface area (Å²) in [5.41, 5.74) is 2.12. The molecule has 2 atom stereocenters. The van der Waals surface area contributed by atoms with Gasteiger partial charge >= 0.3 is 0 Å². The van der Waals surface area contributed by atoms with E-state index in [-0.39, 0.29) is 5.92 Å². The van der Waals surface area contributed by atoms with Crippen LogP contribution in [0.3, 0.4) is 0 Å². The monoisotopic (exact) mass is 339 g/mol. The molecule has 0 amide bonds. The third-order valence-corrected chi connectivity index (χ3v) is 6.48. The van der Waals surface area contributed by atoms with Gasteiger partial charge in [-0.15, -0.1) is 0 Å². The maximum Gasteiger partial charge on any atom is 0.246 e. The maximum absolute atomic E-state index is 13.2. The zero-order valence-electron chi connectivity index (χ0n) is 15.1. The molecule has 1 aromatic rings. The summed E-state index contributed by atoms with van der Waals surface area (Å²) in [6.07, 6.45) is 1.08. The molecule has 1 aliphatic heterocycles. The van der Waals surface area contributed by atoms with Crippen molar-refractivity contribution in [3.05, 3.63) is 23.3 Å². The van der Waals surface area contributed by atoms with E-state index in [2.05, 4.69) is 27.7 Å². The molecule has 0 spiro atoms. The van der Waals surface area contributed by atoms with E-state index in [4.69, 9.17) is 4.74 Å². The van der Waals surface area contributed by atoms with Crippen LogP contribution in [-0.2, 0) is 10.0 Å². The van der Waals surface area contributed by atoms with Gasteiger partial charge in [0, 0.05) is 13.1 Å². The lowest BCUT2D eigenvalue weighted by atomic mass is 9.94. The van der Waals surface area contributed by atoms with Crippen molar-refractivity contribution < 1.29 is 13.2 Å². The number of ether oxygens (including phenoxy) is 1. The Balaban J connectivity index is 2.52. The molecule has 0 aliphatic carbocycles. The molecule has 0 N–H and O–H groups in total. The molecule has 4 nitrogen and oxygen atoms in total. The van der Waals surface area contributed by atoms with Crippen LogP contribution in [0.25, 0.3) is 0 Å². The van der Waals surface area contributed by atoms with Crippen LogP contribution in [0, 0.1) is 18.8 Å². The molecule has 1 aliphatic rings. The Kier molecular flexibility index (Phi) is 5.41. The Bertz CT molecular complexity index is 657. The minimum absolute atomic E-state index is 0.272. The van der Waals surface area contributed by atoms with Gasteiger partial charge in [-0.05, 0) is 54.4 Å². The number of rotatable bonds is 4. The highest BCUT2D eigenvalue weighted by atomic mass is 32.2. The first-order valence-corrected chi connectivity index (χ1v) is 9.79. The molecule has 1 heterocycles. The highest BCUT2D eigenvalue weighted by molar-refractivity contribution is 7.89. The van der Waals surface area contributed by atoms with Crippen molar-refractivity contribution in [2.24, 2.45) is 11.8 Å². The van der Waals surface area contributed by atoms with E-state index in [1.54, 1.807) is 10.4 Å². The molecule has 1 fully saturated rings. The van der Waals surface area contributed by atoms with Crippen LogP contribution < -0.4 is 4.74 Å². The summed E-state index contributed by atoms with van der Waals surface area (Å²) in [6.45, 7) is 11.6. The minimum Gasteiger partial charge on any atom is -0.495 e. The molecule has 130 valence electrons. The van der Waals surface area contributed by atoms with Crippen LogP contribution in [-0.4, -0.2) is 32.9 Å². The second-order valence-electron chi connectivity index (χ2n) is 7.28. The number of aryl methyl sites for hydroxylation is 1. The molecule has 23 heavy (non-hydrogen) atoms. The van der Waals surface area contributed by atoms with Crippen molar-refractivity contribution in [1.82, 2.24) is 4.31 Å². The van der Waals surface area contributed by atoms with Gasteiger partial charge in [0.15, 0.2) is 0 Å². The zero-order valence-corrected chi connectivity index (χ0v) is 15.9. The van der Waals surface area contributed by atoms with E-state index in [1.165, 1.54) is 7.11 Å². The van der Waals surface area contributed by atoms with Crippen molar-refractivity contribution in [1.29, 1.82) is 0 Å². The normalized spacial score (nSPS) is 23.3. The molecule has 1 saturated heterocycles. The minimum atomic E-state index is -3.54. The van der Waals surface area contributed by atoms with Gasteiger partial charge in [0.2, 0.25) is 10.0 Å². The highest BCUT2D eigenvalue weighted by Crippen LogP contribution is 2.35. The zero-order chi connectivity index (χ0) is 17.4. The summed E-state index contributed by atoms with van der Waals surface area (Å²) in [5, 5.41) is 0. The molecule has 5 heteroatoms. The summed E-state index contributed by atoms with van der Waals surface area (Å²) in [6, 6.07) is 3.65. The fourth-order valence-corrected chi connectivity index (χ4v) is 5.45. The van der Waals surface area contributed by atoms with E-state index in [0.29, 0.717) is 35.6 Å². The Labute approximate surface area is 140 Å². The molecule has 0 aromatic heterocycles. The van der Waals surface area contributed by atoms with Gasteiger partial charge in [-0.1, -0.05) is 27.7 Å². The smallest absolute Gasteiger partial charge is 0.246 e. The summed E-state index contributed by atoms with van der Waals surface area (Å²) in [4.78, 5) is 0.301. The van der Waals surface area contributed by atoms with Gasteiger partial charge in [0.05, 0.1) is 7.11 Å². The van der Waals surface area contributed by atoms with Crippen molar-refractivity contribution in [3.63, 3.8) is 0 Å². The van der Waals surface area contributed by atoms with Crippen LogP contribution in [0.4, 0.5) is 0 Å². The van der Waals surface area contributed by atoms with Gasteiger partial charge in [-0.25, -0.2) is 8.42 Å². The standard InChI is InChI=1S/C18H29NO3S/c1-12(2)16-9-18(17(22-6)8-15(16)5)23(20,21)19-10-13(3)7-14(4)11-19/h8-9,12-14H,7,10-11H2,1-6H3/t13-,14-/m1/s1.